The first kappa shape index (κ1) is 17.9. The maximum Gasteiger partial charge on any atom is 0.318 e. The Labute approximate surface area is 142 Å². The van der Waals surface area contributed by atoms with Gasteiger partial charge in [0.15, 0.2) is 0 Å². The number of carbonyl (C=O) groups is 1. The minimum atomic E-state index is -0.443. The zero-order valence-corrected chi connectivity index (χ0v) is 14.4. The van der Waals surface area contributed by atoms with Gasteiger partial charge in [0.1, 0.15) is 17.3 Å². The van der Waals surface area contributed by atoms with Crippen molar-refractivity contribution >= 4 is 6.03 Å². The van der Waals surface area contributed by atoms with E-state index in [9.17, 15) is 9.90 Å². The molecule has 0 spiro atoms. The van der Waals surface area contributed by atoms with E-state index in [-0.39, 0.29) is 18.7 Å². The molecule has 0 aliphatic rings. The molecule has 6 heteroatoms. The minimum Gasteiger partial charge on any atom is -0.497 e. The Kier molecular flexibility index (Phi) is 5.87. The highest BCUT2D eigenvalue weighted by Crippen LogP contribution is 2.23. The first-order chi connectivity index (χ1) is 11.5. The molecule has 0 saturated carbocycles. The number of rotatable bonds is 6. The second-order valence-electron chi connectivity index (χ2n) is 5.70. The van der Waals surface area contributed by atoms with Gasteiger partial charge in [-0.2, -0.15) is 0 Å². The van der Waals surface area contributed by atoms with Gasteiger partial charge in [0.25, 0.3) is 0 Å². The van der Waals surface area contributed by atoms with Gasteiger partial charge in [-0.15, -0.1) is 0 Å². The summed E-state index contributed by atoms with van der Waals surface area (Å²) in [5, 5.41) is 12.6. The van der Waals surface area contributed by atoms with E-state index in [0.717, 1.165) is 17.1 Å². The summed E-state index contributed by atoms with van der Waals surface area (Å²) in [5.41, 5.74) is 0.831. The Morgan fingerprint density at radius 1 is 1.29 bits per heavy atom. The molecule has 130 valence electrons. The Balaban J connectivity index is 2.06. The predicted octanol–water partition coefficient (Wildman–Crippen LogP) is 3.03. The highest BCUT2D eigenvalue weighted by molar-refractivity contribution is 5.75. The van der Waals surface area contributed by atoms with Gasteiger partial charge in [-0.25, -0.2) is 4.79 Å². The van der Waals surface area contributed by atoms with Gasteiger partial charge in [0, 0.05) is 7.05 Å². The molecule has 1 aromatic heterocycles. The Bertz CT molecular complexity index is 666. The van der Waals surface area contributed by atoms with Gasteiger partial charge in [-0.05, 0) is 43.7 Å². The van der Waals surface area contributed by atoms with E-state index in [1.165, 1.54) is 4.90 Å². The van der Waals surface area contributed by atoms with Crippen LogP contribution in [0.5, 0.6) is 5.75 Å². The van der Waals surface area contributed by atoms with Crippen molar-refractivity contribution in [2.24, 2.45) is 0 Å². The number of furan rings is 1. The number of aliphatic hydroxyl groups is 1. The molecule has 2 aromatic rings. The number of urea groups is 1. The smallest absolute Gasteiger partial charge is 0.318 e. The molecular formula is C18H24N2O4. The number of nitrogens with one attached hydrogen (secondary N) is 1. The Morgan fingerprint density at radius 2 is 1.96 bits per heavy atom. The monoisotopic (exact) mass is 332 g/mol. The average Bonchev–Trinajstić information content (AvgIpc) is 3.02. The van der Waals surface area contributed by atoms with Crippen molar-refractivity contribution in [3.8, 4) is 5.75 Å². The van der Waals surface area contributed by atoms with Crippen molar-refractivity contribution in [2.45, 2.75) is 25.9 Å². The molecule has 0 bridgehead atoms. The van der Waals surface area contributed by atoms with Crippen LogP contribution in [0.2, 0.25) is 0 Å². The van der Waals surface area contributed by atoms with Crippen molar-refractivity contribution in [1.29, 1.82) is 0 Å². The van der Waals surface area contributed by atoms with Crippen molar-refractivity contribution in [3.05, 3.63) is 53.5 Å². The highest BCUT2D eigenvalue weighted by atomic mass is 16.5. The molecule has 2 atom stereocenters. The average molecular weight is 332 g/mol. The normalized spacial score (nSPS) is 13.2. The number of methoxy groups -OCH3 is 1. The highest BCUT2D eigenvalue weighted by Gasteiger charge is 2.23. The number of aliphatic hydroxyl groups excluding tert-OH is 1. The maximum absolute atomic E-state index is 12.5. The van der Waals surface area contributed by atoms with Crippen molar-refractivity contribution in [3.63, 3.8) is 0 Å². The summed E-state index contributed by atoms with van der Waals surface area (Å²) in [6.07, 6.45) is 0. The SMILES string of the molecule is COc1ccc(C(CO)N(C)C(=O)NC(C)c2ccc(C)o2)cc1. The lowest BCUT2D eigenvalue weighted by Gasteiger charge is -2.28. The van der Waals surface area contributed by atoms with Crippen LogP contribution < -0.4 is 10.1 Å². The third-order valence-corrected chi connectivity index (χ3v) is 3.99. The van der Waals surface area contributed by atoms with Gasteiger partial charge in [0.2, 0.25) is 0 Å². The molecule has 24 heavy (non-hydrogen) atoms. The molecule has 0 aliphatic heterocycles. The standard InChI is InChI=1S/C18H24N2O4/c1-12-5-10-17(24-12)13(2)19-18(22)20(3)16(11-21)14-6-8-15(23-4)9-7-14/h5-10,13,16,21H,11H2,1-4H3,(H,19,22). The number of nitrogens with zero attached hydrogens (tertiary/aromatic N) is 1. The summed E-state index contributed by atoms with van der Waals surface area (Å²) in [7, 11) is 3.25. The number of hydrogen-bond donors (Lipinski definition) is 2. The fourth-order valence-corrected chi connectivity index (χ4v) is 2.46. The Morgan fingerprint density at radius 3 is 2.46 bits per heavy atom. The number of likely N-dealkylation sites (N-methyl/N-ethyl adjacent to an activating group) is 1. The molecule has 0 fully saturated rings. The van der Waals surface area contributed by atoms with E-state index in [4.69, 9.17) is 9.15 Å². The van der Waals surface area contributed by atoms with Crippen LogP contribution in [0.1, 0.15) is 36.1 Å². The molecule has 1 aromatic carbocycles. The topological polar surface area (TPSA) is 74.9 Å². The van der Waals surface area contributed by atoms with Gasteiger partial charge >= 0.3 is 6.03 Å². The fourth-order valence-electron chi connectivity index (χ4n) is 2.46. The first-order valence-electron chi connectivity index (χ1n) is 7.80. The number of ether oxygens (including phenoxy) is 1. The van der Waals surface area contributed by atoms with Crippen LogP contribution in [0.3, 0.4) is 0 Å². The van der Waals surface area contributed by atoms with Crippen LogP contribution in [-0.4, -0.2) is 36.8 Å². The van der Waals surface area contributed by atoms with Crippen molar-refractivity contribution in [1.82, 2.24) is 10.2 Å². The van der Waals surface area contributed by atoms with Crippen molar-refractivity contribution < 1.29 is 19.1 Å². The minimum absolute atomic E-state index is 0.176. The van der Waals surface area contributed by atoms with Crippen LogP contribution in [0, 0.1) is 6.92 Å². The molecule has 0 radical (unpaired) electrons. The van der Waals surface area contributed by atoms with E-state index < -0.39 is 6.04 Å². The number of carbonyl (C=O) groups excluding carboxylic acids is 1. The fraction of sp³-hybridized carbons (Fsp3) is 0.389. The second-order valence-corrected chi connectivity index (χ2v) is 5.70. The van der Waals surface area contributed by atoms with Gasteiger partial charge in [-0.1, -0.05) is 12.1 Å². The summed E-state index contributed by atoms with van der Waals surface area (Å²) >= 11 is 0. The Hall–Kier alpha value is -2.47. The maximum atomic E-state index is 12.5. The molecule has 0 saturated heterocycles. The summed E-state index contributed by atoms with van der Waals surface area (Å²) in [6.45, 7) is 3.53. The third kappa shape index (κ3) is 4.08. The van der Waals surface area contributed by atoms with Gasteiger partial charge in [0.05, 0.1) is 25.8 Å². The van der Waals surface area contributed by atoms with E-state index >= 15 is 0 Å². The number of aryl methyl sites for hydroxylation is 1. The predicted molar refractivity (Wildman–Crippen MR) is 91.0 cm³/mol. The van der Waals surface area contributed by atoms with Crippen molar-refractivity contribution in [2.75, 3.05) is 20.8 Å². The summed E-state index contributed by atoms with van der Waals surface area (Å²) in [5.74, 6) is 2.22. The third-order valence-electron chi connectivity index (χ3n) is 3.99. The van der Waals surface area contributed by atoms with E-state index in [1.807, 2.05) is 38.1 Å². The van der Waals surface area contributed by atoms with E-state index in [1.54, 1.807) is 26.3 Å². The second kappa shape index (κ2) is 7.88. The molecular weight excluding hydrogens is 308 g/mol. The van der Waals surface area contributed by atoms with Crippen LogP contribution >= 0.6 is 0 Å². The van der Waals surface area contributed by atoms with Crippen LogP contribution in [0.4, 0.5) is 4.79 Å². The summed E-state index contributed by atoms with van der Waals surface area (Å²) in [4.78, 5) is 13.9. The number of hydrogen-bond acceptors (Lipinski definition) is 4. The zero-order valence-electron chi connectivity index (χ0n) is 14.4. The molecule has 1 heterocycles. The quantitative estimate of drug-likeness (QED) is 0.852. The number of benzene rings is 1. The first-order valence-corrected chi connectivity index (χ1v) is 7.80. The largest absolute Gasteiger partial charge is 0.497 e. The molecule has 0 aliphatic carbocycles. The lowest BCUT2D eigenvalue weighted by molar-refractivity contribution is 0.147. The molecule has 2 amide bonds. The van der Waals surface area contributed by atoms with Gasteiger partial charge in [-0.3, -0.25) is 0 Å². The van der Waals surface area contributed by atoms with E-state index in [0.29, 0.717) is 5.76 Å². The van der Waals surface area contributed by atoms with Crippen LogP contribution in [0.25, 0.3) is 0 Å². The molecule has 6 nitrogen and oxygen atoms in total. The lowest BCUT2D eigenvalue weighted by Crippen LogP contribution is -2.41. The van der Waals surface area contributed by atoms with Crippen LogP contribution in [-0.2, 0) is 0 Å². The zero-order chi connectivity index (χ0) is 17.7. The summed E-state index contributed by atoms with van der Waals surface area (Å²) < 4.78 is 10.7. The van der Waals surface area contributed by atoms with Gasteiger partial charge < -0.3 is 24.5 Å². The van der Waals surface area contributed by atoms with E-state index in [2.05, 4.69) is 5.32 Å². The summed E-state index contributed by atoms with van der Waals surface area (Å²) in [6, 6.07) is 9.99. The molecule has 2 unspecified atom stereocenters. The van der Waals surface area contributed by atoms with Crippen LogP contribution in [0.15, 0.2) is 40.8 Å². The molecule has 2 N–H and O–H groups in total. The molecule has 2 rings (SSSR count). The number of amides is 2. The lowest BCUT2D eigenvalue weighted by atomic mass is 10.1.